The van der Waals surface area contributed by atoms with Crippen LogP contribution in [0.25, 0.3) is 0 Å². The Morgan fingerprint density at radius 3 is 2.19 bits per heavy atom. The van der Waals surface area contributed by atoms with Crippen molar-refractivity contribution in [2.45, 2.75) is 19.0 Å². The second-order valence-electron chi connectivity index (χ2n) is 6.41. The van der Waals surface area contributed by atoms with Crippen LogP contribution in [0.1, 0.15) is 28.8 Å². The summed E-state index contributed by atoms with van der Waals surface area (Å²) in [6.07, 6.45) is -1.82. The number of hydrogen-bond acceptors (Lipinski definition) is 3. The van der Waals surface area contributed by atoms with Crippen molar-refractivity contribution >= 4 is 52.3 Å². The van der Waals surface area contributed by atoms with Crippen LogP contribution >= 0.6 is 46.4 Å². The zero-order chi connectivity index (χ0) is 23.7. The Balaban J connectivity index is 1.73. The molecular formula is C21H18Cl4F3NO3. The van der Waals surface area contributed by atoms with Crippen molar-refractivity contribution in [1.29, 1.82) is 0 Å². The fourth-order valence-electron chi connectivity index (χ4n) is 2.47. The number of halogens is 7. The second-order valence-corrected chi connectivity index (χ2v) is 8.23. The molecule has 4 nitrogen and oxygen atoms in total. The molecule has 0 atom stereocenters. The first-order chi connectivity index (χ1) is 15.1. The molecule has 0 saturated heterocycles. The molecule has 0 spiro atoms. The van der Waals surface area contributed by atoms with Crippen molar-refractivity contribution < 1.29 is 27.4 Å². The Kier molecular flexibility index (Phi) is 10.3. The predicted octanol–water partition coefficient (Wildman–Crippen LogP) is 7.30. The zero-order valence-electron chi connectivity index (χ0n) is 16.4. The van der Waals surface area contributed by atoms with Crippen LogP contribution in [0, 0.1) is 0 Å². The quantitative estimate of drug-likeness (QED) is 0.328. The monoisotopic (exact) mass is 529 g/mol. The molecule has 0 fully saturated rings. The number of unbranched alkanes of at least 4 members (excludes halogenated alkanes) is 1. The van der Waals surface area contributed by atoms with E-state index in [1.807, 2.05) is 0 Å². The molecule has 0 aromatic heterocycles. The van der Waals surface area contributed by atoms with E-state index in [9.17, 15) is 18.0 Å². The maximum Gasteiger partial charge on any atom is 0.416 e. The molecule has 2 aromatic carbocycles. The maximum absolute atomic E-state index is 12.6. The number of hydrogen-bond donors (Lipinski definition) is 1. The van der Waals surface area contributed by atoms with Crippen LogP contribution < -0.4 is 14.8 Å². The number of carbonyl (C=O) groups is 1. The molecule has 11 heteroatoms. The van der Waals surface area contributed by atoms with Gasteiger partial charge in [0.2, 0.25) is 0 Å². The van der Waals surface area contributed by atoms with Gasteiger partial charge in [0.25, 0.3) is 5.91 Å². The first-order valence-corrected chi connectivity index (χ1v) is 10.8. The van der Waals surface area contributed by atoms with Crippen LogP contribution in [0.3, 0.4) is 0 Å². The van der Waals surface area contributed by atoms with E-state index in [4.69, 9.17) is 55.9 Å². The smallest absolute Gasteiger partial charge is 0.416 e. The molecule has 0 radical (unpaired) electrons. The van der Waals surface area contributed by atoms with Crippen molar-refractivity contribution in [2.24, 2.45) is 0 Å². The summed E-state index contributed by atoms with van der Waals surface area (Å²) >= 11 is 23.4. The molecule has 0 bridgehead atoms. The average Bonchev–Trinajstić information content (AvgIpc) is 2.71. The highest BCUT2D eigenvalue weighted by molar-refractivity contribution is 6.55. The summed E-state index contributed by atoms with van der Waals surface area (Å²) in [6.45, 7) is 0.766. The number of nitrogens with one attached hydrogen (secondary N) is 1. The lowest BCUT2D eigenvalue weighted by atomic mass is 10.1. The molecule has 2 rings (SSSR count). The van der Waals surface area contributed by atoms with E-state index in [0.29, 0.717) is 37.5 Å². The SMILES string of the molecule is O=C(NCCCCOc1c(Cl)cc(OCC=C(Cl)Cl)cc1Cl)c1ccc(C(F)(F)F)cc1. The fourth-order valence-corrected chi connectivity index (χ4v) is 3.18. The van der Waals surface area contributed by atoms with Crippen LogP contribution in [0.15, 0.2) is 47.0 Å². The predicted molar refractivity (Wildman–Crippen MR) is 120 cm³/mol. The fraction of sp³-hybridized carbons (Fsp3) is 0.286. The third-order valence-corrected chi connectivity index (χ3v) is 4.91. The molecule has 0 aliphatic carbocycles. The van der Waals surface area contributed by atoms with Gasteiger partial charge in [-0.3, -0.25) is 4.79 Å². The number of ether oxygens (including phenoxy) is 2. The van der Waals surface area contributed by atoms with Gasteiger partial charge < -0.3 is 14.8 Å². The maximum atomic E-state index is 12.6. The van der Waals surface area contributed by atoms with Crippen LogP contribution in [0.2, 0.25) is 10.0 Å². The molecule has 32 heavy (non-hydrogen) atoms. The minimum Gasteiger partial charge on any atom is -0.490 e. The molecule has 0 saturated carbocycles. The number of rotatable bonds is 10. The minimum atomic E-state index is -4.44. The Labute approximate surface area is 203 Å². The molecule has 174 valence electrons. The van der Waals surface area contributed by atoms with Gasteiger partial charge in [-0.25, -0.2) is 0 Å². The molecule has 1 N–H and O–H groups in total. The number of benzene rings is 2. The molecule has 0 aliphatic rings. The van der Waals surface area contributed by atoms with E-state index in [-0.39, 0.29) is 26.7 Å². The first kappa shape index (κ1) is 26.5. The van der Waals surface area contributed by atoms with E-state index < -0.39 is 17.6 Å². The Morgan fingerprint density at radius 1 is 1.00 bits per heavy atom. The van der Waals surface area contributed by atoms with Gasteiger partial charge in [-0.15, -0.1) is 0 Å². The molecule has 0 unspecified atom stereocenters. The lowest BCUT2D eigenvalue weighted by molar-refractivity contribution is -0.137. The highest BCUT2D eigenvalue weighted by Crippen LogP contribution is 2.37. The Morgan fingerprint density at radius 2 is 1.62 bits per heavy atom. The molecule has 2 aromatic rings. The molecular weight excluding hydrogens is 513 g/mol. The summed E-state index contributed by atoms with van der Waals surface area (Å²) < 4.78 is 48.8. The average molecular weight is 531 g/mol. The van der Waals surface area contributed by atoms with Crippen molar-refractivity contribution in [3.8, 4) is 11.5 Å². The van der Waals surface area contributed by atoms with Crippen molar-refractivity contribution in [2.75, 3.05) is 19.8 Å². The van der Waals surface area contributed by atoms with E-state index in [2.05, 4.69) is 5.32 Å². The molecule has 0 aliphatic heterocycles. The summed E-state index contributed by atoms with van der Waals surface area (Å²) in [5.41, 5.74) is -0.654. The Bertz CT molecular complexity index is 923. The summed E-state index contributed by atoms with van der Waals surface area (Å²) in [5.74, 6) is 0.274. The molecule has 0 heterocycles. The van der Waals surface area contributed by atoms with Gasteiger partial charge in [0, 0.05) is 24.2 Å². The van der Waals surface area contributed by atoms with Crippen LogP contribution in [0.5, 0.6) is 11.5 Å². The van der Waals surface area contributed by atoms with Crippen molar-refractivity contribution in [3.63, 3.8) is 0 Å². The number of carbonyl (C=O) groups excluding carboxylic acids is 1. The summed E-state index contributed by atoms with van der Waals surface area (Å²) in [4.78, 5) is 12.0. The summed E-state index contributed by atoms with van der Waals surface area (Å²) in [7, 11) is 0. The standard InChI is InChI=1S/C21H18Cl4F3NO3/c22-16-11-15(31-10-7-18(24)25)12-17(23)19(16)32-9-2-1-8-29-20(30)13-3-5-14(6-4-13)21(26,27)28/h3-7,11-12H,1-2,8-10H2,(H,29,30). The van der Waals surface area contributed by atoms with E-state index >= 15 is 0 Å². The van der Waals surface area contributed by atoms with E-state index in [0.717, 1.165) is 24.3 Å². The van der Waals surface area contributed by atoms with Crippen LogP contribution in [-0.2, 0) is 6.18 Å². The third-order valence-electron chi connectivity index (χ3n) is 4.04. The van der Waals surface area contributed by atoms with Gasteiger partial charge >= 0.3 is 6.18 Å². The lowest BCUT2D eigenvalue weighted by Gasteiger charge is -2.12. The molecule has 1 amide bonds. The summed E-state index contributed by atoms with van der Waals surface area (Å²) in [6, 6.07) is 7.11. The number of amides is 1. The second kappa shape index (κ2) is 12.4. The van der Waals surface area contributed by atoms with Gasteiger partial charge in [0.1, 0.15) is 16.8 Å². The van der Waals surface area contributed by atoms with Crippen molar-refractivity contribution in [1.82, 2.24) is 5.32 Å². The Hall–Kier alpha value is -1.80. The van der Waals surface area contributed by atoms with Crippen LogP contribution in [-0.4, -0.2) is 25.7 Å². The summed E-state index contributed by atoms with van der Waals surface area (Å²) in [5, 5.41) is 3.18. The van der Waals surface area contributed by atoms with E-state index in [1.54, 1.807) is 12.1 Å². The third kappa shape index (κ3) is 8.62. The minimum absolute atomic E-state index is 0.0812. The van der Waals surface area contributed by atoms with E-state index in [1.165, 1.54) is 6.08 Å². The van der Waals surface area contributed by atoms with Crippen molar-refractivity contribution in [3.05, 3.63) is 68.1 Å². The first-order valence-electron chi connectivity index (χ1n) is 9.29. The normalized spacial score (nSPS) is 11.1. The van der Waals surface area contributed by atoms with Gasteiger partial charge in [-0.1, -0.05) is 46.4 Å². The highest BCUT2D eigenvalue weighted by Gasteiger charge is 2.30. The number of alkyl halides is 3. The van der Waals surface area contributed by atoms with Gasteiger partial charge in [0.05, 0.1) is 22.2 Å². The topological polar surface area (TPSA) is 47.6 Å². The lowest BCUT2D eigenvalue weighted by Crippen LogP contribution is -2.24. The van der Waals surface area contributed by atoms with Crippen LogP contribution in [0.4, 0.5) is 13.2 Å². The zero-order valence-corrected chi connectivity index (χ0v) is 19.5. The van der Waals surface area contributed by atoms with Gasteiger partial charge in [-0.05, 0) is 43.2 Å². The van der Waals surface area contributed by atoms with Gasteiger partial charge in [-0.2, -0.15) is 13.2 Å². The largest absolute Gasteiger partial charge is 0.490 e. The highest BCUT2D eigenvalue weighted by atomic mass is 35.5. The van der Waals surface area contributed by atoms with Gasteiger partial charge in [0.15, 0.2) is 5.75 Å².